The molecule has 0 saturated carbocycles. The number of halogens is 1. The highest BCUT2D eigenvalue weighted by Crippen LogP contribution is 2.08. The minimum atomic E-state index is -0.0621. The van der Waals surface area contributed by atoms with Gasteiger partial charge in [-0.3, -0.25) is 4.79 Å². The van der Waals surface area contributed by atoms with Crippen LogP contribution in [0.4, 0.5) is 0 Å². The Kier molecular flexibility index (Phi) is 10.5. The fourth-order valence-electron chi connectivity index (χ4n) is 2.63. The number of aliphatic imine (C=N–C) groups is 1. The van der Waals surface area contributed by atoms with Crippen molar-refractivity contribution in [3.05, 3.63) is 70.8 Å². The highest BCUT2D eigenvalue weighted by atomic mass is 127. The van der Waals surface area contributed by atoms with Gasteiger partial charge in [0.15, 0.2) is 5.96 Å². The SMILES string of the molecule is CCNC(=NCc1ccccc1C)NCCc1cccc(C(=O)NC)c1.I. The van der Waals surface area contributed by atoms with Crippen molar-refractivity contribution in [2.75, 3.05) is 20.1 Å². The Balaban J connectivity index is 0.00000364. The van der Waals surface area contributed by atoms with Crippen LogP contribution < -0.4 is 16.0 Å². The lowest BCUT2D eigenvalue weighted by Crippen LogP contribution is -2.38. The van der Waals surface area contributed by atoms with E-state index in [0.29, 0.717) is 12.1 Å². The molecule has 0 heterocycles. The zero-order valence-corrected chi connectivity index (χ0v) is 18.5. The normalized spacial score (nSPS) is 10.7. The van der Waals surface area contributed by atoms with Gasteiger partial charge in [-0.25, -0.2) is 4.99 Å². The predicted molar refractivity (Wildman–Crippen MR) is 123 cm³/mol. The molecule has 2 rings (SSSR count). The average Bonchev–Trinajstić information content (AvgIpc) is 2.66. The third-order valence-electron chi connectivity index (χ3n) is 4.14. The number of rotatable bonds is 7. The Morgan fingerprint density at radius 1 is 1.07 bits per heavy atom. The van der Waals surface area contributed by atoms with Crippen molar-refractivity contribution >= 4 is 35.8 Å². The Labute approximate surface area is 179 Å². The van der Waals surface area contributed by atoms with Crippen LogP contribution in [0.2, 0.25) is 0 Å². The van der Waals surface area contributed by atoms with Crippen molar-refractivity contribution in [1.29, 1.82) is 0 Å². The number of carbonyl (C=O) groups is 1. The maximum absolute atomic E-state index is 11.7. The van der Waals surface area contributed by atoms with Gasteiger partial charge in [0, 0.05) is 25.7 Å². The number of nitrogens with zero attached hydrogens (tertiary/aromatic N) is 1. The maximum atomic E-state index is 11.7. The molecule has 0 spiro atoms. The summed E-state index contributed by atoms with van der Waals surface area (Å²) in [6, 6.07) is 16.0. The molecular formula is C21H29IN4O. The number of benzene rings is 2. The summed E-state index contributed by atoms with van der Waals surface area (Å²) in [5, 5.41) is 9.28. The molecule has 27 heavy (non-hydrogen) atoms. The van der Waals surface area contributed by atoms with Gasteiger partial charge in [0.05, 0.1) is 6.54 Å². The molecule has 0 atom stereocenters. The molecule has 0 radical (unpaired) electrons. The van der Waals surface area contributed by atoms with E-state index in [4.69, 9.17) is 0 Å². The van der Waals surface area contributed by atoms with E-state index in [1.54, 1.807) is 7.05 Å². The lowest BCUT2D eigenvalue weighted by Gasteiger charge is -2.12. The van der Waals surface area contributed by atoms with E-state index in [1.807, 2.05) is 36.4 Å². The first-order valence-corrected chi connectivity index (χ1v) is 9.01. The molecule has 1 amide bonds. The quantitative estimate of drug-likeness (QED) is 0.324. The van der Waals surface area contributed by atoms with Gasteiger partial charge >= 0.3 is 0 Å². The maximum Gasteiger partial charge on any atom is 0.251 e. The molecule has 6 heteroatoms. The van der Waals surface area contributed by atoms with E-state index in [9.17, 15) is 4.79 Å². The molecular weight excluding hydrogens is 451 g/mol. The van der Waals surface area contributed by atoms with Crippen molar-refractivity contribution in [3.8, 4) is 0 Å². The Morgan fingerprint density at radius 2 is 1.85 bits per heavy atom. The molecule has 0 fully saturated rings. The standard InChI is InChI=1S/C21H28N4O.HI/c1-4-23-21(25-15-19-10-6-5-8-16(19)2)24-13-12-17-9-7-11-18(14-17)20(26)22-3;/h5-11,14H,4,12-13,15H2,1-3H3,(H,22,26)(H2,23,24,25);1H. The van der Waals surface area contributed by atoms with E-state index in [0.717, 1.165) is 31.0 Å². The van der Waals surface area contributed by atoms with Gasteiger partial charge in [0.25, 0.3) is 5.91 Å². The van der Waals surface area contributed by atoms with Gasteiger partial charge in [-0.2, -0.15) is 0 Å². The lowest BCUT2D eigenvalue weighted by atomic mass is 10.1. The van der Waals surface area contributed by atoms with Gasteiger partial charge in [-0.15, -0.1) is 24.0 Å². The molecule has 2 aromatic carbocycles. The number of hydrogen-bond donors (Lipinski definition) is 3. The molecule has 0 aromatic heterocycles. The summed E-state index contributed by atoms with van der Waals surface area (Å²) in [7, 11) is 1.64. The first-order valence-electron chi connectivity index (χ1n) is 9.01. The predicted octanol–water partition coefficient (Wildman–Crippen LogP) is 3.27. The summed E-state index contributed by atoms with van der Waals surface area (Å²) in [5.41, 5.74) is 4.28. The molecule has 0 aliphatic heterocycles. The summed E-state index contributed by atoms with van der Waals surface area (Å²) in [6.45, 7) is 6.36. The van der Waals surface area contributed by atoms with Crippen LogP contribution in [0.25, 0.3) is 0 Å². The van der Waals surface area contributed by atoms with Crippen LogP contribution in [-0.2, 0) is 13.0 Å². The van der Waals surface area contributed by atoms with Crippen LogP contribution in [-0.4, -0.2) is 32.0 Å². The average molecular weight is 480 g/mol. The van der Waals surface area contributed by atoms with Gasteiger partial charge < -0.3 is 16.0 Å². The third kappa shape index (κ3) is 7.58. The topological polar surface area (TPSA) is 65.5 Å². The Bertz CT molecular complexity index is 761. The fraction of sp³-hybridized carbons (Fsp3) is 0.333. The summed E-state index contributed by atoms with van der Waals surface area (Å²) in [5.74, 6) is 0.742. The fourth-order valence-corrected chi connectivity index (χ4v) is 2.63. The van der Waals surface area contributed by atoms with Crippen LogP contribution in [0.5, 0.6) is 0 Å². The number of amides is 1. The van der Waals surface area contributed by atoms with Crippen molar-refractivity contribution in [2.24, 2.45) is 4.99 Å². The smallest absolute Gasteiger partial charge is 0.251 e. The second-order valence-corrected chi connectivity index (χ2v) is 6.08. The zero-order valence-electron chi connectivity index (χ0n) is 16.2. The van der Waals surface area contributed by atoms with Crippen LogP contribution >= 0.6 is 24.0 Å². The van der Waals surface area contributed by atoms with Crippen molar-refractivity contribution < 1.29 is 4.79 Å². The molecule has 146 valence electrons. The molecule has 5 nitrogen and oxygen atoms in total. The van der Waals surface area contributed by atoms with Crippen LogP contribution in [0, 0.1) is 6.92 Å². The van der Waals surface area contributed by atoms with Crippen LogP contribution in [0.3, 0.4) is 0 Å². The van der Waals surface area contributed by atoms with Gasteiger partial charge in [-0.05, 0) is 49.1 Å². The highest BCUT2D eigenvalue weighted by molar-refractivity contribution is 14.0. The first-order chi connectivity index (χ1) is 12.6. The molecule has 0 aliphatic rings. The Morgan fingerprint density at radius 3 is 2.56 bits per heavy atom. The van der Waals surface area contributed by atoms with Gasteiger partial charge in [0.1, 0.15) is 0 Å². The number of nitrogens with one attached hydrogen (secondary N) is 3. The van der Waals surface area contributed by atoms with E-state index in [2.05, 4.69) is 46.9 Å². The van der Waals surface area contributed by atoms with Crippen LogP contribution in [0.15, 0.2) is 53.5 Å². The number of guanidine groups is 1. The van der Waals surface area contributed by atoms with Crippen molar-refractivity contribution in [1.82, 2.24) is 16.0 Å². The zero-order chi connectivity index (χ0) is 18.8. The minimum absolute atomic E-state index is 0. The highest BCUT2D eigenvalue weighted by Gasteiger charge is 2.04. The monoisotopic (exact) mass is 480 g/mol. The number of carbonyl (C=O) groups excluding carboxylic acids is 1. The minimum Gasteiger partial charge on any atom is -0.357 e. The molecule has 2 aromatic rings. The van der Waals surface area contributed by atoms with E-state index >= 15 is 0 Å². The molecule has 3 N–H and O–H groups in total. The molecule has 0 saturated heterocycles. The first kappa shape index (κ1) is 23.0. The van der Waals surface area contributed by atoms with E-state index in [-0.39, 0.29) is 29.9 Å². The van der Waals surface area contributed by atoms with Crippen molar-refractivity contribution in [2.45, 2.75) is 26.8 Å². The largest absolute Gasteiger partial charge is 0.357 e. The number of hydrogen-bond acceptors (Lipinski definition) is 2. The summed E-state index contributed by atoms with van der Waals surface area (Å²) in [6.07, 6.45) is 0.819. The van der Waals surface area contributed by atoms with E-state index in [1.165, 1.54) is 11.1 Å². The van der Waals surface area contributed by atoms with Crippen LogP contribution in [0.1, 0.15) is 34.0 Å². The Hall–Kier alpha value is -2.09. The van der Waals surface area contributed by atoms with Crippen molar-refractivity contribution in [3.63, 3.8) is 0 Å². The lowest BCUT2D eigenvalue weighted by molar-refractivity contribution is 0.0963. The number of aryl methyl sites for hydroxylation is 1. The summed E-state index contributed by atoms with van der Waals surface area (Å²) in [4.78, 5) is 16.4. The van der Waals surface area contributed by atoms with E-state index < -0.39 is 0 Å². The second-order valence-electron chi connectivity index (χ2n) is 6.08. The van der Waals surface area contributed by atoms with Gasteiger partial charge in [0.2, 0.25) is 0 Å². The van der Waals surface area contributed by atoms with Gasteiger partial charge in [-0.1, -0.05) is 36.4 Å². The summed E-state index contributed by atoms with van der Waals surface area (Å²) >= 11 is 0. The summed E-state index contributed by atoms with van der Waals surface area (Å²) < 4.78 is 0. The molecule has 0 aliphatic carbocycles. The third-order valence-corrected chi connectivity index (χ3v) is 4.14. The second kappa shape index (κ2) is 12.3. The molecule has 0 bridgehead atoms. The molecule has 0 unspecified atom stereocenters.